The molecule has 0 aliphatic carbocycles. The molecule has 0 fully saturated rings. The zero-order chi connectivity index (χ0) is 13.8. The highest BCUT2D eigenvalue weighted by molar-refractivity contribution is 5.48. The number of hydrogen-bond donors (Lipinski definition) is 2. The Morgan fingerprint density at radius 1 is 0.947 bits per heavy atom. The van der Waals surface area contributed by atoms with Crippen molar-refractivity contribution >= 4 is 5.69 Å². The Morgan fingerprint density at radius 3 is 2.26 bits per heavy atom. The van der Waals surface area contributed by atoms with Crippen LogP contribution in [0.4, 0.5) is 5.69 Å². The maximum absolute atomic E-state index is 10.1. The molecule has 2 aromatic rings. The van der Waals surface area contributed by atoms with Crippen molar-refractivity contribution in [2.24, 2.45) is 0 Å². The molecule has 2 N–H and O–H groups in total. The number of aliphatic hydroxyl groups excluding tert-OH is 1. The van der Waals surface area contributed by atoms with Crippen LogP contribution >= 0.6 is 0 Å². The lowest BCUT2D eigenvalue weighted by Gasteiger charge is -2.14. The number of hydrogen-bond acceptors (Lipinski definition) is 2. The molecule has 0 aromatic heterocycles. The first-order chi connectivity index (χ1) is 9.06. The first kappa shape index (κ1) is 13.6. The molecule has 0 bridgehead atoms. The van der Waals surface area contributed by atoms with Crippen LogP contribution in [0.3, 0.4) is 0 Å². The summed E-state index contributed by atoms with van der Waals surface area (Å²) in [5, 5.41) is 13.4. The Balaban J connectivity index is 1.98. The Bertz CT molecular complexity index is 546. The van der Waals surface area contributed by atoms with E-state index >= 15 is 0 Å². The Labute approximate surface area is 115 Å². The third-order valence-electron chi connectivity index (χ3n) is 3.47. The van der Waals surface area contributed by atoms with Crippen LogP contribution in [0.25, 0.3) is 0 Å². The van der Waals surface area contributed by atoms with Crippen molar-refractivity contribution in [3.8, 4) is 0 Å². The van der Waals surface area contributed by atoms with E-state index in [4.69, 9.17) is 0 Å². The molecule has 100 valence electrons. The molecule has 2 rings (SSSR count). The van der Waals surface area contributed by atoms with Crippen LogP contribution in [-0.2, 0) is 0 Å². The monoisotopic (exact) mass is 255 g/mol. The van der Waals surface area contributed by atoms with E-state index in [1.165, 1.54) is 16.7 Å². The molecule has 2 nitrogen and oxygen atoms in total. The van der Waals surface area contributed by atoms with Gasteiger partial charge in [0.2, 0.25) is 0 Å². The third-order valence-corrected chi connectivity index (χ3v) is 3.47. The van der Waals surface area contributed by atoms with Gasteiger partial charge in [0.1, 0.15) is 0 Å². The number of benzene rings is 2. The lowest BCUT2D eigenvalue weighted by molar-refractivity contribution is 0.191. The van der Waals surface area contributed by atoms with Crippen LogP contribution in [0.1, 0.15) is 28.4 Å². The van der Waals surface area contributed by atoms with Crippen LogP contribution in [0, 0.1) is 20.8 Å². The predicted molar refractivity (Wildman–Crippen MR) is 80.5 cm³/mol. The predicted octanol–water partition coefficient (Wildman–Crippen LogP) is 3.76. The summed E-state index contributed by atoms with van der Waals surface area (Å²) in [5.41, 5.74) is 5.74. The number of aliphatic hydroxyl groups is 1. The molecule has 0 amide bonds. The summed E-state index contributed by atoms with van der Waals surface area (Å²) in [6.07, 6.45) is -0.484. The minimum Gasteiger partial charge on any atom is -0.387 e. The van der Waals surface area contributed by atoms with E-state index in [2.05, 4.69) is 31.3 Å². The first-order valence-corrected chi connectivity index (χ1v) is 6.62. The van der Waals surface area contributed by atoms with Gasteiger partial charge >= 0.3 is 0 Å². The molecule has 1 atom stereocenters. The van der Waals surface area contributed by atoms with Crippen molar-refractivity contribution in [1.82, 2.24) is 0 Å². The third kappa shape index (κ3) is 3.58. The van der Waals surface area contributed by atoms with Crippen LogP contribution < -0.4 is 5.32 Å². The minimum atomic E-state index is -0.484. The summed E-state index contributed by atoms with van der Waals surface area (Å²) in [6, 6.07) is 14.2. The van der Waals surface area contributed by atoms with Gasteiger partial charge in [0, 0.05) is 12.2 Å². The molecule has 2 heteroatoms. The Morgan fingerprint density at radius 2 is 1.63 bits per heavy atom. The molecule has 0 radical (unpaired) electrons. The molecule has 1 unspecified atom stereocenters. The maximum atomic E-state index is 10.1. The largest absolute Gasteiger partial charge is 0.387 e. The van der Waals surface area contributed by atoms with E-state index < -0.39 is 6.10 Å². The number of anilines is 1. The second-order valence-corrected chi connectivity index (χ2v) is 5.11. The smallest absolute Gasteiger partial charge is 0.0962 e. The molecular weight excluding hydrogens is 234 g/mol. The summed E-state index contributed by atoms with van der Waals surface area (Å²) in [4.78, 5) is 0. The highest BCUT2D eigenvalue weighted by atomic mass is 16.3. The van der Waals surface area contributed by atoms with Crippen LogP contribution in [0.2, 0.25) is 0 Å². The summed E-state index contributed by atoms with van der Waals surface area (Å²) >= 11 is 0. The Hall–Kier alpha value is -1.80. The fourth-order valence-electron chi connectivity index (χ4n) is 1.97. The molecular formula is C17H21NO. The summed E-state index contributed by atoms with van der Waals surface area (Å²) < 4.78 is 0. The van der Waals surface area contributed by atoms with Gasteiger partial charge in [-0.05, 0) is 49.6 Å². The van der Waals surface area contributed by atoms with Gasteiger partial charge in [-0.1, -0.05) is 35.9 Å². The standard InChI is InChI=1S/C17H21NO/c1-12-4-7-15(8-5-12)17(19)11-18-16-9-6-13(2)14(3)10-16/h4-10,17-19H,11H2,1-3H3. The molecule has 0 heterocycles. The van der Waals surface area contributed by atoms with E-state index in [0.717, 1.165) is 11.3 Å². The van der Waals surface area contributed by atoms with E-state index in [9.17, 15) is 5.11 Å². The van der Waals surface area contributed by atoms with Gasteiger partial charge in [-0.15, -0.1) is 0 Å². The van der Waals surface area contributed by atoms with Crippen LogP contribution in [0.5, 0.6) is 0 Å². The van der Waals surface area contributed by atoms with Crippen LogP contribution in [0.15, 0.2) is 42.5 Å². The quantitative estimate of drug-likeness (QED) is 0.872. The fraction of sp³-hybridized carbons (Fsp3) is 0.294. The fourth-order valence-corrected chi connectivity index (χ4v) is 1.97. The minimum absolute atomic E-state index is 0.484. The Kier molecular flexibility index (Phi) is 4.23. The van der Waals surface area contributed by atoms with Gasteiger partial charge in [0.15, 0.2) is 0 Å². The zero-order valence-electron chi connectivity index (χ0n) is 11.8. The van der Waals surface area contributed by atoms with Gasteiger partial charge < -0.3 is 10.4 Å². The lowest BCUT2D eigenvalue weighted by Crippen LogP contribution is -2.12. The zero-order valence-corrected chi connectivity index (χ0v) is 11.8. The topological polar surface area (TPSA) is 32.3 Å². The van der Waals surface area contributed by atoms with Crippen LogP contribution in [-0.4, -0.2) is 11.7 Å². The van der Waals surface area contributed by atoms with Crippen molar-refractivity contribution in [2.75, 3.05) is 11.9 Å². The van der Waals surface area contributed by atoms with Crippen molar-refractivity contribution in [1.29, 1.82) is 0 Å². The SMILES string of the molecule is Cc1ccc(C(O)CNc2ccc(C)c(C)c2)cc1. The molecule has 0 aliphatic rings. The average molecular weight is 255 g/mol. The average Bonchev–Trinajstić information content (AvgIpc) is 2.40. The van der Waals surface area contributed by atoms with Crippen molar-refractivity contribution in [2.45, 2.75) is 26.9 Å². The highest BCUT2D eigenvalue weighted by Crippen LogP contribution is 2.17. The highest BCUT2D eigenvalue weighted by Gasteiger charge is 2.06. The molecule has 2 aromatic carbocycles. The van der Waals surface area contributed by atoms with Gasteiger partial charge in [-0.3, -0.25) is 0 Å². The van der Waals surface area contributed by atoms with Gasteiger partial charge in [0.05, 0.1) is 6.10 Å². The molecule has 0 saturated carbocycles. The normalized spacial score (nSPS) is 12.2. The van der Waals surface area contributed by atoms with Gasteiger partial charge in [-0.25, -0.2) is 0 Å². The molecule has 0 saturated heterocycles. The van der Waals surface area contributed by atoms with Gasteiger partial charge in [0.25, 0.3) is 0 Å². The summed E-state index contributed by atoms with van der Waals surface area (Å²) in [6.45, 7) is 6.76. The second kappa shape index (κ2) is 5.89. The number of aryl methyl sites for hydroxylation is 3. The lowest BCUT2D eigenvalue weighted by atomic mass is 10.1. The van der Waals surface area contributed by atoms with Gasteiger partial charge in [-0.2, -0.15) is 0 Å². The summed E-state index contributed by atoms with van der Waals surface area (Å²) in [5.74, 6) is 0. The van der Waals surface area contributed by atoms with Crippen molar-refractivity contribution in [3.63, 3.8) is 0 Å². The first-order valence-electron chi connectivity index (χ1n) is 6.62. The molecule has 0 spiro atoms. The maximum Gasteiger partial charge on any atom is 0.0962 e. The van der Waals surface area contributed by atoms with Crippen molar-refractivity contribution in [3.05, 3.63) is 64.7 Å². The summed E-state index contributed by atoms with van der Waals surface area (Å²) in [7, 11) is 0. The van der Waals surface area contributed by atoms with E-state index in [1.54, 1.807) is 0 Å². The molecule has 0 aliphatic heterocycles. The number of rotatable bonds is 4. The van der Waals surface area contributed by atoms with Crippen molar-refractivity contribution < 1.29 is 5.11 Å². The van der Waals surface area contributed by atoms with E-state index in [-0.39, 0.29) is 0 Å². The number of nitrogens with one attached hydrogen (secondary N) is 1. The van der Waals surface area contributed by atoms with E-state index in [0.29, 0.717) is 6.54 Å². The van der Waals surface area contributed by atoms with E-state index in [1.807, 2.05) is 37.3 Å². The molecule has 19 heavy (non-hydrogen) atoms. The second-order valence-electron chi connectivity index (χ2n) is 5.11.